The molecule has 1 N–H and O–H groups in total. The van der Waals surface area contributed by atoms with Crippen LogP contribution in [0.1, 0.15) is 18.4 Å². The Morgan fingerprint density at radius 3 is 2.95 bits per heavy atom. The molecule has 2 aliphatic heterocycles. The maximum absolute atomic E-state index is 13.5. The van der Waals surface area contributed by atoms with Gasteiger partial charge in [-0.1, -0.05) is 0 Å². The summed E-state index contributed by atoms with van der Waals surface area (Å²) in [4.78, 5) is 2.39. The van der Waals surface area contributed by atoms with Gasteiger partial charge >= 0.3 is 0 Å². The molecule has 2 nitrogen and oxygen atoms in total. The lowest BCUT2D eigenvalue weighted by Crippen LogP contribution is -2.30. The van der Waals surface area contributed by atoms with E-state index in [4.69, 9.17) is 0 Å². The molecule has 2 aliphatic rings. The van der Waals surface area contributed by atoms with Crippen molar-refractivity contribution in [3.05, 3.63) is 35.4 Å². The lowest BCUT2D eigenvalue weighted by atomic mass is 9.87. The Hall–Kier alpha value is -1.00. The molecular weight excluding hydrogens is 246 g/mol. The van der Waals surface area contributed by atoms with Crippen LogP contribution in [0.4, 0.5) is 8.78 Å². The van der Waals surface area contributed by atoms with Crippen molar-refractivity contribution in [2.45, 2.75) is 19.3 Å². The highest BCUT2D eigenvalue weighted by Gasteiger charge is 2.39. The zero-order valence-corrected chi connectivity index (χ0v) is 11.1. The minimum Gasteiger partial charge on any atom is -0.316 e. The minimum absolute atomic E-state index is 0.294. The molecule has 19 heavy (non-hydrogen) atoms. The summed E-state index contributed by atoms with van der Waals surface area (Å²) in [5, 5.41) is 3.43. The normalized spacial score (nSPS) is 27.5. The molecule has 1 aromatic carbocycles. The molecule has 1 spiro atoms. The Labute approximate surface area is 112 Å². The number of rotatable bonds is 3. The van der Waals surface area contributed by atoms with E-state index in [1.807, 2.05) is 0 Å². The van der Waals surface area contributed by atoms with Gasteiger partial charge in [0.15, 0.2) is 0 Å². The third-order valence-corrected chi connectivity index (χ3v) is 4.55. The summed E-state index contributed by atoms with van der Waals surface area (Å²) in [6, 6.07) is 3.71. The first kappa shape index (κ1) is 13.0. The number of hydrogen-bond acceptors (Lipinski definition) is 2. The van der Waals surface area contributed by atoms with Crippen LogP contribution in [-0.4, -0.2) is 37.6 Å². The Bertz CT molecular complexity index is 455. The van der Waals surface area contributed by atoms with Crippen molar-refractivity contribution < 1.29 is 8.78 Å². The SMILES string of the molecule is Fc1ccc(F)c(CCN2CCC3(CCNC3)C2)c1. The Kier molecular flexibility index (Phi) is 3.54. The van der Waals surface area contributed by atoms with Gasteiger partial charge in [-0.15, -0.1) is 0 Å². The lowest BCUT2D eigenvalue weighted by molar-refractivity contribution is 0.276. The largest absolute Gasteiger partial charge is 0.316 e. The van der Waals surface area contributed by atoms with Crippen molar-refractivity contribution in [1.29, 1.82) is 0 Å². The second kappa shape index (κ2) is 5.17. The monoisotopic (exact) mass is 266 g/mol. The van der Waals surface area contributed by atoms with E-state index in [0.29, 0.717) is 17.4 Å². The number of nitrogens with one attached hydrogen (secondary N) is 1. The molecule has 0 bridgehead atoms. The first-order chi connectivity index (χ1) is 9.17. The van der Waals surface area contributed by atoms with Crippen molar-refractivity contribution in [2.75, 3.05) is 32.7 Å². The van der Waals surface area contributed by atoms with Crippen molar-refractivity contribution in [3.63, 3.8) is 0 Å². The first-order valence-corrected chi connectivity index (χ1v) is 7.04. The topological polar surface area (TPSA) is 15.3 Å². The number of benzene rings is 1. The molecule has 2 fully saturated rings. The molecule has 0 aromatic heterocycles. The van der Waals surface area contributed by atoms with Gasteiger partial charge in [-0.2, -0.15) is 0 Å². The van der Waals surface area contributed by atoms with E-state index in [2.05, 4.69) is 10.2 Å². The fraction of sp³-hybridized carbons (Fsp3) is 0.600. The summed E-state index contributed by atoms with van der Waals surface area (Å²) in [6.07, 6.45) is 3.07. The zero-order chi connectivity index (χ0) is 13.3. The van der Waals surface area contributed by atoms with Crippen LogP contribution >= 0.6 is 0 Å². The smallest absolute Gasteiger partial charge is 0.126 e. The number of hydrogen-bond donors (Lipinski definition) is 1. The fourth-order valence-corrected chi connectivity index (χ4v) is 3.38. The quantitative estimate of drug-likeness (QED) is 0.902. The Morgan fingerprint density at radius 2 is 2.16 bits per heavy atom. The summed E-state index contributed by atoms with van der Waals surface area (Å²) in [5.41, 5.74) is 0.936. The molecular formula is C15H20F2N2. The van der Waals surface area contributed by atoms with E-state index in [-0.39, 0.29) is 11.6 Å². The molecule has 2 heterocycles. The molecule has 0 radical (unpaired) electrons. The zero-order valence-electron chi connectivity index (χ0n) is 11.1. The van der Waals surface area contributed by atoms with Crippen molar-refractivity contribution in [3.8, 4) is 0 Å². The molecule has 0 amide bonds. The summed E-state index contributed by atoms with van der Waals surface area (Å²) in [5.74, 6) is -0.646. The van der Waals surface area contributed by atoms with Crippen molar-refractivity contribution >= 4 is 0 Å². The number of nitrogens with zero attached hydrogens (tertiary/aromatic N) is 1. The van der Waals surface area contributed by atoms with Gasteiger partial charge in [0, 0.05) is 19.6 Å². The standard InChI is InChI=1S/C15H20F2N2/c16-13-1-2-14(17)12(9-13)3-7-19-8-5-15(11-19)4-6-18-10-15/h1-2,9,18H,3-8,10-11H2. The van der Waals surface area contributed by atoms with Gasteiger partial charge in [0.25, 0.3) is 0 Å². The van der Waals surface area contributed by atoms with Gasteiger partial charge in [-0.25, -0.2) is 8.78 Å². The first-order valence-electron chi connectivity index (χ1n) is 7.04. The van der Waals surface area contributed by atoms with Crippen LogP contribution in [0.5, 0.6) is 0 Å². The van der Waals surface area contributed by atoms with E-state index in [1.54, 1.807) is 0 Å². The van der Waals surface area contributed by atoms with Crippen LogP contribution in [0.2, 0.25) is 0 Å². The summed E-state index contributed by atoms with van der Waals surface area (Å²) >= 11 is 0. The van der Waals surface area contributed by atoms with Crippen molar-refractivity contribution in [1.82, 2.24) is 10.2 Å². The van der Waals surface area contributed by atoms with Crippen LogP contribution in [0.15, 0.2) is 18.2 Å². The molecule has 3 rings (SSSR count). The van der Waals surface area contributed by atoms with Crippen LogP contribution < -0.4 is 5.32 Å². The third kappa shape index (κ3) is 2.79. The summed E-state index contributed by atoms with van der Waals surface area (Å²) in [6.45, 7) is 5.22. The van der Waals surface area contributed by atoms with Gasteiger partial charge in [0.1, 0.15) is 11.6 Å². The molecule has 1 aromatic rings. The fourth-order valence-electron chi connectivity index (χ4n) is 3.38. The average molecular weight is 266 g/mol. The van der Waals surface area contributed by atoms with E-state index >= 15 is 0 Å². The van der Waals surface area contributed by atoms with Gasteiger partial charge in [0.2, 0.25) is 0 Å². The Morgan fingerprint density at radius 1 is 1.26 bits per heavy atom. The predicted octanol–water partition coefficient (Wildman–Crippen LogP) is 2.19. The molecule has 2 saturated heterocycles. The second-order valence-corrected chi connectivity index (χ2v) is 5.94. The van der Waals surface area contributed by atoms with Crippen LogP contribution in [0, 0.1) is 17.0 Å². The van der Waals surface area contributed by atoms with Gasteiger partial charge < -0.3 is 10.2 Å². The van der Waals surface area contributed by atoms with Crippen LogP contribution in [0.3, 0.4) is 0 Å². The summed E-state index contributed by atoms with van der Waals surface area (Å²) in [7, 11) is 0. The average Bonchev–Trinajstić information content (AvgIpc) is 3.02. The highest BCUT2D eigenvalue weighted by Crippen LogP contribution is 2.35. The maximum atomic E-state index is 13.5. The number of likely N-dealkylation sites (tertiary alicyclic amines) is 1. The van der Waals surface area contributed by atoms with Gasteiger partial charge in [-0.3, -0.25) is 0 Å². The molecule has 0 aliphatic carbocycles. The molecule has 0 saturated carbocycles. The molecule has 1 unspecified atom stereocenters. The van der Waals surface area contributed by atoms with Gasteiger partial charge in [0.05, 0.1) is 0 Å². The van der Waals surface area contributed by atoms with E-state index in [0.717, 1.165) is 32.7 Å². The molecule has 104 valence electrons. The summed E-state index contributed by atoms with van der Waals surface area (Å²) < 4.78 is 26.6. The van der Waals surface area contributed by atoms with Gasteiger partial charge in [-0.05, 0) is 61.5 Å². The van der Waals surface area contributed by atoms with Crippen molar-refractivity contribution in [2.24, 2.45) is 5.41 Å². The van der Waals surface area contributed by atoms with Crippen LogP contribution in [0.25, 0.3) is 0 Å². The molecule has 1 atom stereocenters. The lowest BCUT2D eigenvalue weighted by Gasteiger charge is -2.22. The highest BCUT2D eigenvalue weighted by atomic mass is 19.1. The predicted molar refractivity (Wildman–Crippen MR) is 71.0 cm³/mol. The van der Waals surface area contributed by atoms with E-state index < -0.39 is 0 Å². The second-order valence-electron chi connectivity index (χ2n) is 5.94. The minimum atomic E-state index is -0.353. The number of halogens is 2. The maximum Gasteiger partial charge on any atom is 0.126 e. The van der Waals surface area contributed by atoms with Crippen LogP contribution in [-0.2, 0) is 6.42 Å². The third-order valence-electron chi connectivity index (χ3n) is 4.55. The molecule has 4 heteroatoms. The van der Waals surface area contributed by atoms with E-state index in [9.17, 15) is 8.78 Å². The Balaban J connectivity index is 1.57. The van der Waals surface area contributed by atoms with E-state index in [1.165, 1.54) is 31.0 Å². The highest BCUT2D eigenvalue weighted by molar-refractivity contribution is 5.19.